The fourth-order valence-electron chi connectivity index (χ4n) is 6.50. The van der Waals surface area contributed by atoms with Gasteiger partial charge < -0.3 is 10.2 Å². The van der Waals surface area contributed by atoms with Crippen LogP contribution in [0.15, 0.2) is 11.6 Å². The topological polar surface area (TPSA) is 40.5 Å². The summed E-state index contributed by atoms with van der Waals surface area (Å²) in [5.74, 6) is 4.95. The van der Waals surface area contributed by atoms with E-state index < -0.39 is 12.2 Å². The maximum absolute atomic E-state index is 10.2. The van der Waals surface area contributed by atoms with E-state index in [4.69, 9.17) is 0 Å². The number of aliphatic hydroxyl groups is 2. The van der Waals surface area contributed by atoms with Crippen molar-refractivity contribution in [2.45, 2.75) is 58.2 Å². The van der Waals surface area contributed by atoms with Crippen molar-refractivity contribution in [2.75, 3.05) is 0 Å². The van der Waals surface area contributed by atoms with Gasteiger partial charge in [-0.05, 0) is 73.5 Å². The van der Waals surface area contributed by atoms with Crippen molar-refractivity contribution in [1.29, 1.82) is 0 Å². The SMILES string of the molecule is CC[C@H]1C2=CC[C@@H]3[C@H]4C[C@@H](O)[C@@H](O)[C@H]4C[C@@H]3[C@H]2C[C@H]1C. The third kappa shape index (κ3) is 1.64. The molecular formula is C18H28O2. The summed E-state index contributed by atoms with van der Waals surface area (Å²) in [5, 5.41) is 20.2. The van der Waals surface area contributed by atoms with Gasteiger partial charge in [0.2, 0.25) is 0 Å². The summed E-state index contributed by atoms with van der Waals surface area (Å²) in [5.41, 5.74) is 1.76. The van der Waals surface area contributed by atoms with Crippen LogP contribution in [0.5, 0.6) is 0 Å². The Morgan fingerprint density at radius 2 is 1.85 bits per heavy atom. The molecular weight excluding hydrogens is 248 g/mol. The van der Waals surface area contributed by atoms with Crippen LogP contribution in [0.3, 0.4) is 0 Å². The zero-order chi connectivity index (χ0) is 14.0. The summed E-state index contributed by atoms with van der Waals surface area (Å²) >= 11 is 0. The van der Waals surface area contributed by atoms with Crippen molar-refractivity contribution in [3.05, 3.63) is 11.6 Å². The second-order valence-corrected chi connectivity index (χ2v) is 7.96. The lowest BCUT2D eigenvalue weighted by Gasteiger charge is -2.34. The summed E-state index contributed by atoms with van der Waals surface area (Å²) in [6.07, 6.45) is 7.52. The molecule has 0 aromatic heterocycles. The fourth-order valence-corrected chi connectivity index (χ4v) is 6.50. The van der Waals surface area contributed by atoms with Crippen molar-refractivity contribution in [2.24, 2.45) is 41.4 Å². The summed E-state index contributed by atoms with van der Waals surface area (Å²) < 4.78 is 0. The minimum atomic E-state index is -0.456. The molecule has 20 heavy (non-hydrogen) atoms. The highest BCUT2D eigenvalue weighted by atomic mass is 16.3. The predicted octanol–water partition coefficient (Wildman–Crippen LogP) is 2.99. The zero-order valence-corrected chi connectivity index (χ0v) is 12.7. The van der Waals surface area contributed by atoms with Crippen LogP contribution < -0.4 is 0 Å². The van der Waals surface area contributed by atoms with Gasteiger partial charge in [-0.2, -0.15) is 0 Å². The van der Waals surface area contributed by atoms with Crippen molar-refractivity contribution in [3.63, 3.8) is 0 Å². The largest absolute Gasteiger partial charge is 0.390 e. The van der Waals surface area contributed by atoms with Crippen LogP contribution >= 0.6 is 0 Å². The summed E-state index contributed by atoms with van der Waals surface area (Å²) in [7, 11) is 0. The number of fused-ring (bicyclic) bond motifs is 5. The maximum atomic E-state index is 10.2. The van der Waals surface area contributed by atoms with Gasteiger partial charge in [0, 0.05) is 0 Å². The van der Waals surface area contributed by atoms with Gasteiger partial charge in [-0.3, -0.25) is 0 Å². The fraction of sp³-hybridized carbons (Fsp3) is 0.889. The van der Waals surface area contributed by atoms with Crippen molar-refractivity contribution < 1.29 is 10.2 Å². The van der Waals surface area contributed by atoms with Crippen LogP contribution in [0.25, 0.3) is 0 Å². The molecule has 0 aliphatic heterocycles. The van der Waals surface area contributed by atoms with Gasteiger partial charge in [-0.1, -0.05) is 25.5 Å². The molecule has 0 saturated heterocycles. The van der Waals surface area contributed by atoms with E-state index in [1.165, 1.54) is 25.7 Å². The van der Waals surface area contributed by atoms with Gasteiger partial charge in [-0.25, -0.2) is 0 Å². The van der Waals surface area contributed by atoms with E-state index in [2.05, 4.69) is 19.9 Å². The monoisotopic (exact) mass is 276 g/mol. The highest BCUT2D eigenvalue weighted by molar-refractivity contribution is 5.24. The maximum Gasteiger partial charge on any atom is 0.0830 e. The molecule has 112 valence electrons. The molecule has 3 fully saturated rings. The molecule has 0 aromatic carbocycles. The molecule has 0 amide bonds. The Balaban J connectivity index is 1.61. The van der Waals surface area contributed by atoms with Crippen molar-refractivity contribution in [3.8, 4) is 0 Å². The first-order chi connectivity index (χ1) is 9.61. The predicted molar refractivity (Wildman–Crippen MR) is 79.0 cm³/mol. The number of hydrogen-bond donors (Lipinski definition) is 2. The number of rotatable bonds is 1. The van der Waals surface area contributed by atoms with Crippen molar-refractivity contribution >= 4 is 0 Å². The third-order valence-corrected chi connectivity index (χ3v) is 7.29. The van der Waals surface area contributed by atoms with Gasteiger partial charge in [-0.15, -0.1) is 0 Å². The lowest BCUT2D eigenvalue weighted by Crippen LogP contribution is -2.28. The first kappa shape index (κ1) is 13.3. The average molecular weight is 276 g/mol. The lowest BCUT2D eigenvalue weighted by molar-refractivity contribution is 0.0162. The highest BCUT2D eigenvalue weighted by Crippen LogP contribution is 2.61. The lowest BCUT2D eigenvalue weighted by atomic mass is 9.71. The van der Waals surface area contributed by atoms with Crippen LogP contribution in [0.4, 0.5) is 0 Å². The second-order valence-electron chi connectivity index (χ2n) is 7.96. The van der Waals surface area contributed by atoms with Gasteiger partial charge in [0.15, 0.2) is 0 Å². The number of aliphatic hydroxyl groups excluding tert-OH is 2. The molecule has 2 heteroatoms. The van der Waals surface area contributed by atoms with Crippen LogP contribution in [0.1, 0.15) is 46.0 Å². The minimum Gasteiger partial charge on any atom is -0.390 e. The number of allylic oxidation sites excluding steroid dienone is 2. The van der Waals surface area contributed by atoms with E-state index in [9.17, 15) is 10.2 Å². The van der Waals surface area contributed by atoms with E-state index in [1.807, 2.05) is 0 Å². The standard InChI is InChI=1S/C18H28O2/c1-3-10-9(2)6-13-11(10)4-5-12-14(13)7-16-15(12)8-17(19)18(16)20/h4,9-10,12-20H,3,5-8H2,1-2H3/t9-,10-,12+,13+,14+,15-,16+,17-,18+/m1/s1. The summed E-state index contributed by atoms with van der Waals surface area (Å²) in [6.45, 7) is 4.76. The van der Waals surface area contributed by atoms with E-state index in [0.717, 1.165) is 36.0 Å². The Bertz CT molecular complexity index is 429. The average Bonchev–Trinajstić information content (AvgIpc) is 3.02. The molecule has 4 aliphatic carbocycles. The number of hydrogen-bond acceptors (Lipinski definition) is 2. The first-order valence-corrected chi connectivity index (χ1v) is 8.67. The first-order valence-electron chi connectivity index (χ1n) is 8.67. The molecule has 2 nitrogen and oxygen atoms in total. The molecule has 4 rings (SSSR count). The Labute approximate surface area is 122 Å². The molecule has 0 radical (unpaired) electrons. The van der Waals surface area contributed by atoms with Gasteiger partial charge in [0.1, 0.15) is 0 Å². The Hall–Kier alpha value is -0.340. The van der Waals surface area contributed by atoms with Crippen LogP contribution in [-0.4, -0.2) is 22.4 Å². The third-order valence-electron chi connectivity index (χ3n) is 7.29. The molecule has 0 unspecified atom stereocenters. The molecule has 0 bridgehead atoms. The smallest absolute Gasteiger partial charge is 0.0830 e. The van der Waals surface area contributed by atoms with Crippen LogP contribution in [-0.2, 0) is 0 Å². The molecule has 3 saturated carbocycles. The Morgan fingerprint density at radius 1 is 1.05 bits per heavy atom. The molecule has 0 spiro atoms. The minimum absolute atomic E-state index is 0.378. The van der Waals surface area contributed by atoms with E-state index in [1.54, 1.807) is 5.57 Å². The van der Waals surface area contributed by atoms with Gasteiger partial charge >= 0.3 is 0 Å². The highest BCUT2D eigenvalue weighted by Gasteiger charge is 2.56. The molecule has 0 aromatic rings. The zero-order valence-electron chi connectivity index (χ0n) is 12.7. The molecule has 4 aliphatic rings. The quantitative estimate of drug-likeness (QED) is 0.723. The van der Waals surface area contributed by atoms with Gasteiger partial charge in [0.25, 0.3) is 0 Å². The Morgan fingerprint density at radius 3 is 2.60 bits per heavy atom. The normalized spacial score (nSPS) is 57.2. The molecule has 0 heterocycles. The van der Waals surface area contributed by atoms with Gasteiger partial charge in [0.05, 0.1) is 12.2 Å². The van der Waals surface area contributed by atoms with E-state index >= 15 is 0 Å². The van der Waals surface area contributed by atoms with E-state index in [0.29, 0.717) is 11.8 Å². The second kappa shape index (κ2) is 4.58. The van der Waals surface area contributed by atoms with E-state index in [-0.39, 0.29) is 0 Å². The molecule has 9 atom stereocenters. The van der Waals surface area contributed by atoms with Crippen LogP contribution in [0, 0.1) is 41.4 Å². The summed E-state index contributed by atoms with van der Waals surface area (Å²) in [4.78, 5) is 0. The molecule has 2 N–H and O–H groups in total. The van der Waals surface area contributed by atoms with Crippen LogP contribution in [0.2, 0.25) is 0 Å². The summed E-state index contributed by atoms with van der Waals surface area (Å²) in [6, 6.07) is 0. The van der Waals surface area contributed by atoms with Crippen molar-refractivity contribution in [1.82, 2.24) is 0 Å². The Kier molecular flexibility index (Phi) is 3.05.